The molecular weight excluding hydrogens is 550 g/mol. The SMILES string of the molecule is CCN(CC)C(=O)C(CCCc1ccc(NC(=O)c2ccccc2)cc1)C(=O)NS(=O)(=O)c1ccc2ccccc2c1. The molecule has 0 heterocycles. The maximum Gasteiger partial charge on any atom is 0.264 e. The molecule has 0 aliphatic carbocycles. The molecule has 0 saturated carbocycles. The van der Waals surface area contributed by atoms with Crippen molar-refractivity contribution >= 4 is 44.2 Å². The minimum atomic E-state index is -4.19. The molecule has 0 fully saturated rings. The van der Waals surface area contributed by atoms with Crippen molar-refractivity contribution in [2.75, 3.05) is 18.4 Å². The normalized spacial score (nSPS) is 12.0. The summed E-state index contributed by atoms with van der Waals surface area (Å²) in [5, 5.41) is 4.47. The van der Waals surface area contributed by atoms with Gasteiger partial charge in [-0.3, -0.25) is 14.4 Å². The lowest BCUT2D eigenvalue weighted by atomic mass is 9.97. The summed E-state index contributed by atoms with van der Waals surface area (Å²) < 4.78 is 28.4. The van der Waals surface area contributed by atoms with Crippen molar-refractivity contribution in [3.05, 3.63) is 108 Å². The fourth-order valence-corrected chi connectivity index (χ4v) is 5.83. The highest BCUT2D eigenvalue weighted by Crippen LogP contribution is 2.21. The number of nitrogens with zero attached hydrogens (tertiary/aromatic N) is 1. The topological polar surface area (TPSA) is 113 Å². The number of hydrogen-bond donors (Lipinski definition) is 2. The van der Waals surface area contributed by atoms with Crippen LogP contribution in [0, 0.1) is 5.92 Å². The summed E-state index contributed by atoms with van der Waals surface area (Å²) in [5.74, 6) is -2.58. The number of anilines is 1. The Morgan fingerprint density at radius 2 is 1.43 bits per heavy atom. The first-order valence-electron chi connectivity index (χ1n) is 14.0. The maximum absolute atomic E-state index is 13.3. The van der Waals surface area contributed by atoms with E-state index >= 15 is 0 Å². The number of benzene rings is 4. The number of amides is 3. The molecule has 0 radical (unpaired) electrons. The average Bonchev–Trinajstić information content (AvgIpc) is 3.00. The van der Waals surface area contributed by atoms with Crippen molar-refractivity contribution in [1.29, 1.82) is 0 Å². The lowest BCUT2D eigenvalue weighted by Gasteiger charge is -2.24. The van der Waals surface area contributed by atoms with Crippen LogP contribution in [0.5, 0.6) is 0 Å². The summed E-state index contributed by atoms with van der Waals surface area (Å²) in [4.78, 5) is 40.5. The van der Waals surface area contributed by atoms with E-state index in [2.05, 4.69) is 10.0 Å². The number of carbonyl (C=O) groups excluding carboxylic acids is 3. The van der Waals surface area contributed by atoms with Crippen molar-refractivity contribution in [3.8, 4) is 0 Å². The van der Waals surface area contributed by atoms with Crippen molar-refractivity contribution in [2.45, 2.75) is 38.0 Å². The van der Waals surface area contributed by atoms with E-state index in [1.54, 1.807) is 48.5 Å². The van der Waals surface area contributed by atoms with Gasteiger partial charge in [-0.15, -0.1) is 0 Å². The number of sulfonamides is 1. The molecule has 0 aliphatic heterocycles. The summed E-state index contributed by atoms with van der Waals surface area (Å²) in [6.07, 6.45) is 1.23. The van der Waals surface area contributed by atoms with E-state index in [-0.39, 0.29) is 17.2 Å². The van der Waals surface area contributed by atoms with Crippen LogP contribution >= 0.6 is 0 Å². The van der Waals surface area contributed by atoms with E-state index in [1.165, 1.54) is 17.0 Å². The van der Waals surface area contributed by atoms with E-state index < -0.39 is 27.8 Å². The molecule has 9 heteroatoms. The number of hydrogen-bond acceptors (Lipinski definition) is 5. The lowest BCUT2D eigenvalue weighted by molar-refractivity contribution is -0.141. The van der Waals surface area contributed by atoms with Gasteiger partial charge in [0.15, 0.2) is 0 Å². The number of nitrogens with one attached hydrogen (secondary N) is 2. The minimum Gasteiger partial charge on any atom is -0.343 e. The van der Waals surface area contributed by atoms with Gasteiger partial charge in [-0.2, -0.15) is 0 Å². The molecule has 8 nitrogen and oxygen atoms in total. The highest BCUT2D eigenvalue weighted by Gasteiger charge is 2.32. The largest absolute Gasteiger partial charge is 0.343 e. The maximum atomic E-state index is 13.3. The summed E-state index contributed by atoms with van der Waals surface area (Å²) >= 11 is 0. The monoisotopic (exact) mass is 585 g/mol. The summed E-state index contributed by atoms with van der Waals surface area (Å²) in [7, 11) is -4.19. The first-order valence-corrected chi connectivity index (χ1v) is 15.5. The Morgan fingerprint density at radius 1 is 0.786 bits per heavy atom. The zero-order valence-electron chi connectivity index (χ0n) is 23.7. The zero-order chi connectivity index (χ0) is 30.1. The van der Waals surface area contributed by atoms with Crippen LogP contribution in [0.2, 0.25) is 0 Å². The van der Waals surface area contributed by atoms with Crippen molar-refractivity contribution < 1.29 is 22.8 Å². The third-order valence-corrected chi connectivity index (χ3v) is 8.51. The van der Waals surface area contributed by atoms with Gasteiger partial charge in [0.2, 0.25) is 11.8 Å². The quantitative estimate of drug-likeness (QED) is 0.216. The van der Waals surface area contributed by atoms with Crippen molar-refractivity contribution in [2.24, 2.45) is 5.92 Å². The van der Waals surface area contributed by atoms with Gasteiger partial charge in [-0.1, -0.05) is 60.7 Å². The lowest BCUT2D eigenvalue weighted by Crippen LogP contribution is -2.45. The van der Waals surface area contributed by atoms with Gasteiger partial charge in [0.05, 0.1) is 4.90 Å². The molecule has 0 spiro atoms. The molecule has 1 unspecified atom stereocenters. The predicted molar refractivity (Wildman–Crippen MR) is 164 cm³/mol. The molecule has 2 N–H and O–H groups in total. The van der Waals surface area contributed by atoms with E-state index in [0.29, 0.717) is 37.2 Å². The van der Waals surface area contributed by atoms with Crippen LogP contribution in [0.3, 0.4) is 0 Å². The van der Waals surface area contributed by atoms with Crippen molar-refractivity contribution in [3.63, 3.8) is 0 Å². The zero-order valence-corrected chi connectivity index (χ0v) is 24.6. The molecule has 0 aromatic heterocycles. The first-order chi connectivity index (χ1) is 20.2. The number of aryl methyl sites for hydroxylation is 1. The average molecular weight is 586 g/mol. The Bertz CT molecular complexity index is 1650. The molecular formula is C33H35N3O5S. The Balaban J connectivity index is 1.42. The predicted octanol–water partition coefficient (Wildman–Crippen LogP) is 5.40. The summed E-state index contributed by atoms with van der Waals surface area (Å²) in [6.45, 7) is 4.46. The third kappa shape index (κ3) is 7.61. The second kappa shape index (κ2) is 13.9. The Labute approximate surface area is 246 Å². The highest BCUT2D eigenvalue weighted by molar-refractivity contribution is 7.90. The molecule has 3 amide bonds. The number of carbonyl (C=O) groups is 3. The van der Waals surface area contributed by atoms with Gasteiger partial charge in [-0.25, -0.2) is 13.1 Å². The van der Waals surface area contributed by atoms with Crippen molar-refractivity contribution in [1.82, 2.24) is 9.62 Å². The van der Waals surface area contributed by atoms with Gasteiger partial charge in [-0.05, 0) is 85.8 Å². The fourth-order valence-electron chi connectivity index (χ4n) is 4.78. The molecule has 4 rings (SSSR count). The van der Waals surface area contributed by atoms with Gasteiger partial charge in [0, 0.05) is 24.3 Å². The molecule has 0 saturated heterocycles. The van der Waals surface area contributed by atoms with E-state index in [9.17, 15) is 22.8 Å². The Kier molecular flexibility index (Phi) is 10.1. The Morgan fingerprint density at radius 3 is 2.10 bits per heavy atom. The number of fused-ring (bicyclic) bond motifs is 1. The molecule has 4 aromatic rings. The van der Waals surface area contributed by atoms with Crippen LogP contribution in [0.4, 0.5) is 5.69 Å². The van der Waals surface area contributed by atoms with Gasteiger partial charge in [0.1, 0.15) is 5.92 Å². The second-order valence-electron chi connectivity index (χ2n) is 9.95. The second-order valence-corrected chi connectivity index (χ2v) is 11.6. The van der Waals surface area contributed by atoms with Gasteiger partial charge in [0.25, 0.3) is 15.9 Å². The molecule has 4 aromatic carbocycles. The van der Waals surface area contributed by atoms with E-state index in [1.807, 2.05) is 50.2 Å². The van der Waals surface area contributed by atoms with Crippen LogP contribution in [-0.4, -0.2) is 44.1 Å². The molecule has 218 valence electrons. The van der Waals surface area contributed by atoms with Crippen LogP contribution in [0.1, 0.15) is 42.6 Å². The third-order valence-electron chi connectivity index (χ3n) is 7.16. The van der Waals surface area contributed by atoms with E-state index in [0.717, 1.165) is 16.3 Å². The van der Waals surface area contributed by atoms with Gasteiger partial charge >= 0.3 is 0 Å². The minimum absolute atomic E-state index is 0.0389. The van der Waals surface area contributed by atoms with Crippen LogP contribution in [-0.2, 0) is 26.0 Å². The highest BCUT2D eigenvalue weighted by atomic mass is 32.2. The molecule has 0 aliphatic rings. The van der Waals surface area contributed by atoms with Gasteiger partial charge < -0.3 is 10.2 Å². The van der Waals surface area contributed by atoms with Crippen LogP contribution < -0.4 is 10.0 Å². The summed E-state index contributed by atoms with van der Waals surface area (Å²) in [6, 6.07) is 28.3. The summed E-state index contributed by atoms with van der Waals surface area (Å²) in [5.41, 5.74) is 2.18. The van der Waals surface area contributed by atoms with E-state index in [4.69, 9.17) is 0 Å². The molecule has 42 heavy (non-hydrogen) atoms. The standard InChI is InChI=1S/C33H35N3O5S/c1-3-36(4-2)33(39)30(32(38)35-42(40,41)29-22-19-25-12-8-9-15-27(25)23-29)16-10-11-24-17-20-28(21-18-24)34-31(37)26-13-6-5-7-14-26/h5-9,12-15,17-23,30H,3-4,10-11,16H2,1-2H3,(H,34,37)(H,35,38). The smallest absolute Gasteiger partial charge is 0.264 e. The van der Waals surface area contributed by atoms with Crippen LogP contribution in [0.15, 0.2) is 102 Å². The molecule has 0 bridgehead atoms. The Hall–Kier alpha value is -4.50. The van der Waals surface area contributed by atoms with Crippen LogP contribution in [0.25, 0.3) is 10.8 Å². The number of rotatable bonds is 12. The fraction of sp³-hybridized carbons (Fsp3) is 0.242. The molecule has 1 atom stereocenters. The first kappa shape index (κ1) is 30.5.